The van der Waals surface area contributed by atoms with Crippen LogP contribution in [0.25, 0.3) is 0 Å². The summed E-state index contributed by atoms with van der Waals surface area (Å²) in [5.41, 5.74) is 2.38. The van der Waals surface area contributed by atoms with Crippen LogP contribution in [0.3, 0.4) is 0 Å². The molecule has 0 aliphatic rings. The highest BCUT2D eigenvalue weighted by Crippen LogP contribution is 2.22. The Morgan fingerprint density at radius 1 is 1.12 bits per heavy atom. The van der Waals surface area contributed by atoms with Crippen molar-refractivity contribution < 1.29 is 0 Å². The van der Waals surface area contributed by atoms with E-state index in [0.29, 0.717) is 5.92 Å². The molecule has 0 atom stereocenters. The monoisotopic (exact) mass is 235 g/mol. The zero-order chi connectivity index (χ0) is 12.8. The summed E-state index contributed by atoms with van der Waals surface area (Å²) in [4.78, 5) is 9.30. The van der Waals surface area contributed by atoms with Gasteiger partial charge in [-0.3, -0.25) is 0 Å². The zero-order valence-corrected chi connectivity index (χ0v) is 11.8. The molecule has 1 aromatic heterocycles. The Hall–Kier alpha value is -1.12. The van der Waals surface area contributed by atoms with Gasteiger partial charge in [0.25, 0.3) is 0 Å². The van der Waals surface area contributed by atoms with Crippen molar-refractivity contribution in [3.05, 3.63) is 17.1 Å². The van der Waals surface area contributed by atoms with Gasteiger partial charge in [0, 0.05) is 18.5 Å². The predicted octanol–water partition coefficient (Wildman–Crippen LogP) is 3.68. The van der Waals surface area contributed by atoms with Crippen LogP contribution < -0.4 is 5.32 Å². The molecule has 96 valence electrons. The summed E-state index contributed by atoms with van der Waals surface area (Å²) in [5, 5.41) is 3.41. The second kappa shape index (κ2) is 6.58. The van der Waals surface area contributed by atoms with Gasteiger partial charge >= 0.3 is 0 Å². The van der Waals surface area contributed by atoms with Crippen molar-refractivity contribution in [1.82, 2.24) is 9.97 Å². The first-order valence-electron chi connectivity index (χ1n) is 6.71. The van der Waals surface area contributed by atoms with Gasteiger partial charge in [-0.25, -0.2) is 9.97 Å². The Morgan fingerprint density at radius 2 is 1.82 bits per heavy atom. The summed E-state index contributed by atoms with van der Waals surface area (Å²) in [7, 11) is 0. The Bertz CT molecular complexity index is 359. The quantitative estimate of drug-likeness (QED) is 0.817. The van der Waals surface area contributed by atoms with E-state index < -0.39 is 0 Å². The Balaban J connectivity index is 3.08. The van der Waals surface area contributed by atoms with Crippen molar-refractivity contribution in [2.24, 2.45) is 0 Å². The number of nitrogens with one attached hydrogen (secondary N) is 1. The first-order valence-corrected chi connectivity index (χ1v) is 6.71. The molecule has 0 radical (unpaired) electrons. The normalized spacial score (nSPS) is 10.9. The minimum Gasteiger partial charge on any atom is -0.370 e. The van der Waals surface area contributed by atoms with E-state index in [1.165, 1.54) is 11.3 Å². The molecule has 1 N–H and O–H groups in total. The van der Waals surface area contributed by atoms with Crippen LogP contribution in [0.5, 0.6) is 0 Å². The minimum absolute atomic E-state index is 0.454. The summed E-state index contributed by atoms with van der Waals surface area (Å²) >= 11 is 0. The topological polar surface area (TPSA) is 37.8 Å². The molecule has 1 aromatic rings. The first-order chi connectivity index (χ1) is 8.10. The average Bonchev–Trinajstić information content (AvgIpc) is 2.29. The molecule has 0 saturated carbocycles. The first kappa shape index (κ1) is 13.9. The third-order valence-electron chi connectivity index (χ3n) is 2.79. The predicted molar refractivity (Wildman–Crippen MR) is 73.6 cm³/mol. The number of anilines is 1. The highest BCUT2D eigenvalue weighted by Gasteiger charge is 2.12. The van der Waals surface area contributed by atoms with Crippen molar-refractivity contribution in [3.8, 4) is 0 Å². The van der Waals surface area contributed by atoms with Crippen LogP contribution in [0.4, 0.5) is 5.82 Å². The number of aromatic nitrogens is 2. The lowest BCUT2D eigenvalue weighted by Crippen LogP contribution is -2.11. The van der Waals surface area contributed by atoms with Crippen LogP contribution >= 0.6 is 0 Å². The standard InChI is InChI=1S/C14H25N3/c1-6-8-12-16-13(10(3)4)11(5)14(17-12)15-9-7-2/h10H,6-9H2,1-5H3,(H,15,16,17). The molecule has 3 nitrogen and oxygen atoms in total. The summed E-state index contributed by atoms with van der Waals surface area (Å²) in [6, 6.07) is 0. The molecule has 3 heteroatoms. The highest BCUT2D eigenvalue weighted by molar-refractivity contribution is 5.46. The number of rotatable bonds is 6. The molecule has 0 bridgehead atoms. The third-order valence-corrected chi connectivity index (χ3v) is 2.79. The lowest BCUT2D eigenvalue weighted by molar-refractivity contribution is 0.753. The second-order valence-corrected chi connectivity index (χ2v) is 4.83. The summed E-state index contributed by atoms with van der Waals surface area (Å²) < 4.78 is 0. The number of aryl methyl sites for hydroxylation is 1. The van der Waals surface area contributed by atoms with Gasteiger partial charge in [-0.05, 0) is 25.7 Å². The van der Waals surface area contributed by atoms with Crippen LogP contribution in [0.1, 0.15) is 63.5 Å². The molecule has 17 heavy (non-hydrogen) atoms. The maximum Gasteiger partial charge on any atom is 0.132 e. The van der Waals surface area contributed by atoms with Crippen LogP contribution in [0, 0.1) is 6.92 Å². The molecule has 0 amide bonds. The van der Waals surface area contributed by atoms with E-state index in [0.717, 1.165) is 37.4 Å². The van der Waals surface area contributed by atoms with E-state index in [1.54, 1.807) is 0 Å². The van der Waals surface area contributed by atoms with E-state index in [-0.39, 0.29) is 0 Å². The van der Waals surface area contributed by atoms with Gasteiger partial charge in [0.05, 0.1) is 5.69 Å². The van der Waals surface area contributed by atoms with Gasteiger partial charge in [-0.1, -0.05) is 27.7 Å². The molecule has 0 aliphatic carbocycles. The van der Waals surface area contributed by atoms with Crippen molar-refractivity contribution in [2.45, 2.75) is 59.8 Å². The molecule has 0 spiro atoms. The average molecular weight is 235 g/mol. The molecule has 1 rings (SSSR count). The van der Waals surface area contributed by atoms with Gasteiger partial charge < -0.3 is 5.32 Å². The second-order valence-electron chi connectivity index (χ2n) is 4.83. The summed E-state index contributed by atoms with van der Waals surface area (Å²) in [5.74, 6) is 2.45. The maximum atomic E-state index is 4.68. The van der Waals surface area contributed by atoms with E-state index in [1.807, 2.05) is 0 Å². The van der Waals surface area contributed by atoms with E-state index in [2.05, 4.69) is 49.9 Å². The largest absolute Gasteiger partial charge is 0.370 e. The molecule has 0 saturated heterocycles. The van der Waals surface area contributed by atoms with Gasteiger partial charge in [0.2, 0.25) is 0 Å². The Morgan fingerprint density at radius 3 is 2.35 bits per heavy atom. The molecule has 0 aromatic carbocycles. The minimum atomic E-state index is 0.454. The lowest BCUT2D eigenvalue weighted by atomic mass is 10.0. The molecular formula is C14H25N3. The Labute approximate surface area is 105 Å². The molecule has 0 fully saturated rings. The smallest absolute Gasteiger partial charge is 0.132 e. The van der Waals surface area contributed by atoms with Crippen molar-refractivity contribution in [1.29, 1.82) is 0 Å². The summed E-state index contributed by atoms with van der Waals surface area (Å²) in [6.45, 7) is 11.8. The lowest BCUT2D eigenvalue weighted by Gasteiger charge is -2.15. The Kier molecular flexibility index (Phi) is 5.39. The molecule has 1 heterocycles. The fraction of sp³-hybridized carbons (Fsp3) is 0.714. The van der Waals surface area contributed by atoms with Crippen molar-refractivity contribution in [3.63, 3.8) is 0 Å². The number of hydrogen-bond acceptors (Lipinski definition) is 3. The molecular weight excluding hydrogens is 210 g/mol. The van der Waals surface area contributed by atoms with Crippen LogP contribution in [-0.4, -0.2) is 16.5 Å². The van der Waals surface area contributed by atoms with Crippen LogP contribution in [0.15, 0.2) is 0 Å². The van der Waals surface area contributed by atoms with E-state index in [9.17, 15) is 0 Å². The third kappa shape index (κ3) is 3.69. The van der Waals surface area contributed by atoms with E-state index >= 15 is 0 Å². The zero-order valence-electron chi connectivity index (χ0n) is 11.8. The van der Waals surface area contributed by atoms with Crippen LogP contribution in [0.2, 0.25) is 0 Å². The fourth-order valence-electron chi connectivity index (χ4n) is 1.90. The number of hydrogen-bond donors (Lipinski definition) is 1. The van der Waals surface area contributed by atoms with Crippen LogP contribution in [-0.2, 0) is 6.42 Å². The SMILES string of the molecule is CCCNc1nc(CCC)nc(C(C)C)c1C. The molecule has 0 aliphatic heterocycles. The van der Waals surface area contributed by atoms with Gasteiger partial charge in [0.1, 0.15) is 11.6 Å². The molecule has 0 unspecified atom stereocenters. The van der Waals surface area contributed by atoms with Gasteiger partial charge in [-0.15, -0.1) is 0 Å². The number of nitrogens with zero attached hydrogens (tertiary/aromatic N) is 2. The van der Waals surface area contributed by atoms with E-state index in [4.69, 9.17) is 0 Å². The van der Waals surface area contributed by atoms with Gasteiger partial charge in [0.15, 0.2) is 0 Å². The van der Waals surface area contributed by atoms with Crippen molar-refractivity contribution in [2.75, 3.05) is 11.9 Å². The fourth-order valence-corrected chi connectivity index (χ4v) is 1.90. The van der Waals surface area contributed by atoms with Crippen molar-refractivity contribution >= 4 is 5.82 Å². The maximum absolute atomic E-state index is 4.68. The summed E-state index contributed by atoms with van der Waals surface area (Å²) in [6.07, 6.45) is 3.16. The highest BCUT2D eigenvalue weighted by atomic mass is 15.0. The van der Waals surface area contributed by atoms with Gasteiger partial charge in [-0.2, -0.15) is 0 Å².